The maximum Gasteiger partial charge on any atom is 0.266 e. The van der Waals surface area contributed by atoms with Gasteiger partial charge in [-0.1, -0.05) is 0 Å². The SMILES string of the molecule is COc1cc(Br)c(N)cc1S(=O)(=O)Nc1ccc(=O)[nH]n1. The number of nitrogens with one attached hydrogen (secondary N) is 2. The molecule has 0 fully saturated rings. The van der Waals surface area contributed by atoms with Crippen LogP contribution in [0.25, 0.3) is 0 Å². The molecule has 1 heterocycles. The van der Waals surface area contributed by atoms with Crippen LogP contribution in [0.1, 0.15) is 0 Å². The minimum Gasteiger partial charge on any atom is -0.495 e. The fourth-order valence-corrected chi connectivity index (χ4v) is 3.02. The molecule has 0 bridgehead atoms. The van der Waals surface area contributed by atoms with Crippen LogP contribution in [0, 0.1) is 0 Å². The molecule has 0 radical (unpaired) electrons. The van der Waals surface area contributed by atoms with E-state index < -0.39 is 15.6 Å². The first-order chi connectivity index (χ1) is 9.83. The van der Waals surface area contributed by atoms with E-state index >= 15 is 0 Å². The summed E-state index contributed by atoms with van der Waals surface area (Å²) in [5, 5.41) is 5.70. The lowest BCUT2D eigenvalue weighted by Crippen LogP contribution is -2.17. The molecule has 2 aromatic rings. The largest absolute Gasteiger partial charge is 0.495 e. The van der Waals surface area contributed by atoms with Gasteiger partial charge < -0.3 is 10.5 Å². The molecule has 112 valence electrons. The van der Waals surface area contributed by atoms with Crippen LogP contribution in [-0.4, -0.2) is 25.7 Å². The molecule has 10 heteroatoms. The van der Waals surface area contributed by atoms with Crippen LogP contribution in [0.15, 0.2) is 38.4 Å². The topological polar surface area (TPSA) is 127 Å². The molecule has 1 aromatic heterocycles. The third kappa shape index (κ3) is 3.34. The first kappa shape index (κ1) is 15.3. The molecule has 0 saturated carbocycles. The third-order valence-corrected chi connectivity index (χ3v) is 4.55. The second kappa shape index (κ2) is 5.74. The normalized spacial score (nSPS) is 11.1. The van der Waals surface area contributed by atoms with Gasteiger partial charge in [-0.25, -0.2) is 13.5 Å². The van der Waals surface area contributed by atoms with Crippen molar-refractivity contribution in [2.75, 3.05) is 17.6 Å². The zero-order valence-corrected chi connectivity index (χ0v) is 13.2. The molecule has 0 amide bonds. The number of aromatic nitrogens is 2. The first-order valence-corrected chi connectivity index (χ1v) is 7.82. The predicted octanol–water partition coefficient (Wildman–Crippen LogP) is 0.924. The van der Waals surface area contributed by atoms with Crippen molar-refractivity contribution in [1.29, 1.82) is 0 Å². The maximum atomic E-state index is 12.3. The van der Waals surface area contributed by atoms with Crippen molar-refractivity contribution < 1.29 is 13.2 Å². The lowest BCUT2D eigenvalue weighted by molar-refractivity contribution is 0.402. The van der Waals surface area contributed by atoms with Crippen LogP contribution >= 0.6 is 15.9 Å². The minimum atomic E-state index is -3.97. The van der Waals surface area contributed by atoms with E-state index in [0.717, 1.165) is 6.07 Å². The Morgan fingerprint density at radius 1 is 1.38 bits per heavy atom. The number of methoxy groups -OCH3 is 1. The molecule has 21 heavy (non-hydrogen) atoms. The Morgan fingerprint density at radius 3 is 2.67 bits per heavy atom. The average molecular weight is 375 g/mol. The summed E-state index contributed by atoms with van der Waals surface area (Å²) < 4.78 is 32.5. The van der Waals surface area contributed by atoms with Crippen molar-refractivity contribution in [2.45, 2.75) is 4.90 Å². The lowest BCUT2D eigenvalue weighted by atomic mass is 10.3. The molecule has 0 spiro atoms. The quantitative estimate of drug-likeness (QED) is 0.682. The van der Waals surface area contributed by atoms with Gasteiger partial charge in [0.1, 0.15) is 10.6 Å². The molecule has 0 saturated heterocycles. The summed E-state index contributed by atoms with van der Waals surface area (Å²) in [6, 6.07) is 5.10. The summed E-state index contributed by atoms with van der Waals surface area (Å²) in [4.78, 5) is 10.8. The van der Waals surface area contributed by atoms with Gasteiger partial charge in [-0.3, -0.25) is 9.52 Å². The molecular formula is C11H11BrN4O4S. The zero-order valence-electron chi connectivity index (χ0n) is 10.8. The number of ether oxygens (including phenoxy) is 1. The summed E-state index contributed by atoms with van der Waals surface area (Å²) in [5.41, 5.74) is 5.50. The van der Waals surface area contributed by atoms with Gasteiger partial charge in [-0.2, -0.15) is 5.10 Å². The van der Waals surface area contributed by atoms with E-state index in [1.165, 1.54) is 25.3 Å². The number of nitrogens with two attached hydrogens (primary N) is 1. The van der Waals surface area contributed by atoms with Crippen LogP contribution in [0.4, 0.5) is 11.5 Å². The number of nitrogens with zero attached hydrogens (tertiary/aromatic N) is 1. The van der Waals surface area contributed by atoms with E-state index in [1.807, 2.05) is 0 Å². The molecule has 8 nitrogen and oxygen atoms in total. The summed E-state index contributed by atoms with van der Waals surface area (Å²) in [7, 11) is -2.63. The van der Waals surface area contributed by atoms with Crippen molar-refractivity contribution in [3.8, 4) is 5.75 Å². The molecule has 2 rings (SSSR count). The van der Waals surface area contributed by atoms with E-state index in [0.29, 0.717) is 4.47 Å². The minimum absolute atomic E-state index is 0.0295. The molecule has 1 aromatic carbocycles. The number of rotatable bonds is 4. The molecule has 0 aliphatic rings. The predicted molar refractivity (Wildman–Crippen MR) is 80.8 cm³/mol. The number of hydrogen-bond acceptors (Lipinski definition) is 6. The zero-order chi connectivity index (χ0) is 15.6. The Hall–Kier alpha value is -2.07. The van der Waals surface area contributed by atoms with E-state index in [-0.39, 0.29) is 22.2 Å². The number of H-pyrrole nitrogens is 1. The highest BCUT2D eigenvalue weighted by Crippen LogP contribution is 2.32. The van der Waals surface area contributed by atoms with E-state index in [2.05, 4.69) is 30.8 Å². The average Bonchev–Trinajstić information content (AvgIpc) is 2.43. The van der Waals surface area contributed by atoms with Gasteiger partial charge in [-0.15, -0.1) is 0 Å². The molecule has 0 aliphatic heterocycles. The van der Waals surface area contributed by atoms with Gasteiger partial charge >= 0.3 is 0 Å². The highest BCUT2D eigenvalue weighted by atomic mass is 79.9. The highest BCUT2D eigenvalue weighted by molar-refractivity contribution is 9.10. The van der Waals surface area contributed by atoms with Gasteiger partial charge in [0.25, 0.3) is 15.6 Å². The molecule has 0 aliphatic carbocycles. The monoisotopic (exact) mass is 374 g/mol. The Bertz CT molecular complexity index is 814. The van der Waals surface area contributed by atoms with Crippen LogP contribution in [-0.2, 0) is 10.0 Å². The number of anilines is 2. The van der Waals surface area contributed by atoms with Crippen LogP contribution in [0.2, 0.25) is 0 Å². The summed E-state index contributed by atoms with van der Waals surface area (Å²) in [6.07, 6.45) is 0. The van der Waals surface area contributed by atoms with Crippen molar-refractivity contribution >= 4 is 37.5 Å². The summed E-state index contributed by atoms with van der Waals surface area (Å²) in [5.74, 6) is 0.0890. The Balaban J connectivity index is 2.46. The maximum absolute atomic E-state index is 12.3. The fraction of sp³-hybridized carbons (Fsp3) is 0.0909. The van der Waals surface area contributed by atoms with Crippen LogP contribution in [0.5, 0.6) is 5.75 Å². The highest BCUT2D eigenvalue weighted by Gasteiger charge is 2.22. The second-order valence-electron chi connectivity index (χ2n) is 3.94. The van der Waals surface area contributed by atoms with Gasteiger partial charge in [0.15, 0.2) is 5.82 Å². The summed E-state index contributed by atoms with van der Waals surface area (Å²) >= 11 is 3.19. The van der Waals surface area contributed by atoms with Crippen molar-refractivity contribution in [1.82, 2.24) is 10.2 Å². The Morgan fingerprint density at radius 2 is 2.10 bits per heavy atom. The molecule has 0 unspecified atom stereocenters. The van der Waals surface area contributed by atoms with Gasteiger partial charge in [0.05, 0.1) is 7.11 Å². The summed E-state index contributed by atoms with van der Waals surface area (Å²) in [6.45, 7) is 0. The number of halogens is 1. The number of benzene rings is 1. The van der Waals surface area contributed by atoms with Crippen LogP contribution in [0.3, 0.4) is 0 Å². The second-order valence-corrected chi connectivity index (χ2v) is 6.44. The number of aromatic amines is 1. The first-order valence-electron chi connectivity index (χ1n) is 5.55. The Kier molecular flexibility index (Phi) is 4.19. The standard InChI is InChI=1S/C11H11BrN4O4S/c1-20-8-4-6(12)7(13)5-9(8)21(18,19)16-10-2-3-11(17)15-14-10/h2-5H,13H2,1H3,(H,14,16)(H,15,17). The molecule has 4 N–H and O–H groups in total. The van der Waals surface area contributed by atoms with Gasteiger partial charge in [0.2, 0.25) is 0 Å². The van der Waals surface area contributed by atoms with Gasteiger partial charge in [-0.05, 0) is 34.1 Å². The number of nitrogen functional groups attached to an aromatic ring is 1. The van der Waals surface area contributed by atoms with E-state index in [1.54, 1.807) is 0 Å². The fourth-order valence-electron chi connectivity index (χ4n) is 1.51. The third-order valence-electron chi connectivity index (χ3n) is 2.49. The molecular weight excluding hydrogens is 364 g/mol. The number of sulfonamides is 1. The van der Waals surface area contributed by atoms with Gasteiger partial charge in [0, 0.05) is 16.2 Å². The van der Waals surface area contributed by atoms with Crippen LogP contribution < -0.4 is 20.8 Å². The lowest BCUT2D eigenvalue weighted by Gasteiger charge is -2.12. The van der Waals surface area contributed by atoms with E-state index in [4.69, 9.17) is 10.5 Å². The smallest absolute Gasteiger partial charge is 0.266 e. The van der Waals surface area contributed by atoms with E-state index in [9.17, 15) is 13.2 Å². The molecule has 0 atom stereocenters. The van der Waals surface area contributed by atoms with Crippen molar-refractivity contribution in [3.63, 3.8) is 0 Å². The van der Waals surface area contributed by atoms with Crippen molar-refractivity contribution in [2.24, 2.45) is 0 Å². The Labute approximate surface area is 128 Å². The number of hydrogen-bond donors (Lipinski definition) is 3. The van der Waals surface area contributed by atoms with Crippen molar-refractivity contribution in [3.05, 3.63) is 39.1 Å².